The molecule has 6 heteroatoms. The first-order valence-corrected chi connectivity index (χ1v) is 5.60. The van der Waals surface area contributed by atoms with Crippen molar-refractivity contribution in [3.63, 3.8) is 0 Å². The number of alkyl halides is 3. The van der Waals surface area contributed by atoms with E-state index in [9.17, 15) is 27.1 Å². The molecule has 0 aliphatic carbocycles. The molecule has 0 aliphatic rings. The maximum atomic E-state index is 13.5. The summed E-state index contributed by atoms with van der Waals surface area (Å²) in [5, 5.41) is 9.91. The molecule has 2 rings (SSSR count). The van der Waals surface area contributed by atoms with E-state index < -0.39 is 35.0 Å². The van der Waals surface area contributed by atoms with Gasteiger partial charge in [-0.15, -0.1) is 0 Å². The van der Waals surface area contributed by atoms with Crippen molar-refractivity contribution >= 4 is 0 Å². The van der Waals surface area contributed by atoms with Crippen LogP contribution in [0, 0.1) is 11.6 Å². The van der Waals surface area contributed by atoms with Crippen molar-refractivity contribution in [2.75, 3.05) is 0 Å². The van der Waals surface area contributed by atoms with Gasteiger partial charge in [0.05, 0.1) is 5.56 Å². The number of aliphatic hydroxyl groups excluding tert-OH is 1. The summed E-state index contributed by atoms with van der Waals surface area (Å²) < 4.78 is 64.3. The molecule has 0 amide bonds. The van der Waals surface area contributed by atoms with Crippen molar-refractivity contribution in [3.8, 4) is 0 Å². The van der Waals surface area contributed by atoms with E-state index >= 15 is 0 Å². The van der Waals surface area contributed by atoms with Gasteiger partial charge in [0.15, 0.2) is 11.6 Å². The Bertz CT molecular complexity index is 621. The standard InChI is InChI=1S/C14H9F5O/c15-11-6-2-5-10(12(11)16)13(20)8-3-1-4-9(7-8)14(17,18)19/h1-7,13,20H. The third-order valence-corrected chi connectivity index (χ3v) is 2.81. The van der Waals surface area contributed by atoms with Crippen molar-refractivity contribution < 1.29 is 27.1 Å². The summed E-state index contributed by atoms with van der Waals surface area (Å²) in [6, 6.07) is 6.99. The Hall–Kier alpha value is -1.95. The topological polar surface area (TPSA) is 20.2 Å². The van der Waals surface area contributed by atoms with E-state index in [1.54, 1.807) is 0 Å². The lowest BCUT2D eigenvalue weighted by molar-refractivity contribution is -0.137. The lowest BCUT2D eigenvalue weighted by Crippen LogP contribution is -2.08. The van der Waals surface area contributed by atoms with Crippen LogP contribution in [0.5, 0.6) is 0 Å². The molecule has 1 nitrogen and oxygen atoms in total. The average molecular weight is 288 g/mol. The highest BCUT2D eigenvalue weighted by molar-refractivity contribution is 5.34. The highest BCUT2D eigenvalue weighted by Gasteiger charge is 2.31. The predicted molar refractivity (Wildman–Crippen MR) is 61.9 cm³/mol. The maximum Gasteiger partial charge on any atom is 0.416 e. The second kappa shape index (κ2) is 5.20. The van der Waals surface area contributed by atoms with E-state index in [-0.39, 0.29) is 5.56 Å². The van der Waals surface area contributed by atoms with Crippen molar-refractivity contribution in [1.29, 1.82) is 0 Å². The van der Waals surface area contributed by atoms with Crippen molar-refractivity contribution in [3.05, 3.63) is 70.8 Å². The molecule has 1 atom stereocenters. The summed E-state index contributed by atoms with van der Waals surface area (Å²) in [5.41, 5.74) is -1.54. The third kappa shape index (κ3) is 2.80. The average Bonchev–Trinajstić information content (AvgIpc) is 2.40. The van der Waals surface area contributed by atoms with Gasteiger partial charge in [-0.2, -0.15) is 13.2 Å². The molecular weight excluding hydrogens is 279 g/mol. The summed E-state index contributed by atoms with van der Waals surface area (Å²) in [7, 11) is 0. The Labute approximate surface area is 111 Å². The van der Waals surface area contributed by atoms with Gasteiger partial charge in [0.25, 0.3) is 0 Å². The van der Waals surface area contributed by atoms with Crippen LogP contribution in [-0.4, -0.2) is 5.11 Å². The number of hydrogen-bond acceptors (Lipinski definition) is 1. The molecule has 0 fully saturated rings. The second-order valence-electron chi connectivity index (χ2n) is 4.17. The Balaban J connectivity index is 2.44. The maximum absolute atomic E-state index is 13.5. The molecule has 0 radical (unpaired) electrons. The van der Waals surface area contributed by atoms with Gasteiger partial charge < -0.3 is 5.11 Å². The van der Waals surface area contributed by atoms with Crippen LogP contribution in [0.3, 0.4) is 0 Å². The summed E-state index contributed by atoms with van der Waals surface area (Å²) in [5.74, 6) is -2.45. The van der Waals surface area contributed by atoms with Gasteiger partial charge in [0.1, 0.15) is 6.10 Å². The molecule has 0 bridgehead atoms. The molecule has 0 aliphatic heterocycles. The Morgan fingerprint density at radius 1 is 0.950 bits per heavy atom. The van der Waals surface area contributed by atoms with Gasteiger partial charge in [-0.25, -0.2) is 8.78 Å². The number of aliphatic hydroxyl groups is 1. The highest BCUT2D eigenvalue weighted by Crippen LogP contribution is 2.32. The minimum atomic E-state index is -4.57. The summed E-state index contributed by atoms with van der Waals surface area (Å²) in [6.07, 6.45) is -6.25. The molecule has 2 aromatic rings. The van der Waals surface area contributed by atoms with Crippen LogP contribution in [-0.2, 0) is 6.18 Å². The van der Waals surface area contributed by atoms with E-state index in [0.29, 0.717) is 6.07 Å². The zero-order valence-corrected chi connectivity index (χ0v) is 9.96. The van der Waals surface area contributed by atoms with Crippen LogP contribution in [0.15, 0.2) is 42.5 Å². The predicted octanol–water partition coefficient (Wildman–Crippen LogP) is 4.07. The van der Waals surface area contributed by atoms with Gasteiger partial charge in [0, 0.05) is 5.56 Å². The number of hydrogen-bond donors (Lipinski definition) is 1. The Morgan fingerprint density at radius 2 is 1.60 bits per heavy atom. The fourth-order valence-electron chi connectivity index (χ4n) is 1.80. The molecule has 106 valence electrons. The lowest BCUT2D eigenvalue weighted by atomic mass is 9.99. The first kappa shape index (κ1) is 14.5. The molecule has 0 heterocycles. The fourth-order valence-corrected chi connectivity index (χ4v) is 1.80. The van der Waals surface area contributed by atoms with E-state index in [1.807, 2.05) is 0 Å². The van der Waals surface area contributed by atoms with E-state index in [0.717, 1.165) is 24.3 Å². The van der Waals surface area contributed by atoms with Gasteiger partial charge in [-0.1, -0.05) is 24.3 Å². The molecule has 1 N–H and O–H groups in total. The molecule has 0 aromatic heterocycles. The van der Waals surface area contributed by atoms with Crippen molar-refractivity contribution in [1.82, 2.24) is 0 Å². The van der Waals surface area contributed by atoms with Gasteiger partial charge >= 0.3 is 6.18 Å². The van der Waals surface area contributed by atoms with Crippen LogP contribution in [0.1, 0.15) is 22.8 Å². The molecule has 0 spiro atoms. The minimum absolute atomic E-state index is 0.163. The van der Waals surface area contributed by atoms with Gasteiger partial charge in [-0.3, -0.25) is 0 Å². The van der Waals surface area contributed by atoms with Crippen LogP contribution < -0.4 is 0 Å². The molecule has 20 heavy (non-hydrogen) atoms. The zero-order valence-electron chi connectivity index (χ0n) is 9.96. The van der Waals surface area contributed by atoms with E-state index in [2.05, 4.69) is 0 Å². The lowest BCUT2D eigenvalue weighted by Gasteiger charge is -2.15. The van der Waals surface area contributed by atoms with Gasteiger partial charge in [0.2, 0.25) is 0 Å². The molecular formula is C14H9F5O. The monoisotopic (exact) mass is 288 g/mol. The first-order chi connectivity index (χ1) is 9.30. The summed E-state index contributed by atoms with van der Waals surface area (Å²) in [4.78, 5) is 0. The SMILES string of the molecule is OC(c1cccc(C(F)(F)F)c1)c1cccc(F)c1F. The fraction of sp³-hybridized carbons (Fsp3) is 0.143. The normalized spacial score (nSPS) is 13.3. The number of rotatable bonds is 2. The molecule has 2 aromatic carbocycles. The minimum Gasteiger partial charge on any atom is -0.384 e. The number of benzene rings is 2. The molecule has 1 unspecified atom stereocenters. The van der Waals surface area contributed by atoms with Crippen LogP contribution in [0.25, 0.3) is 0 Å². The van der Waals surface area contributed by atoms with Gasteiger partial charge in [-0.05, 0) is 23.8 Å². The molecule has 0 saturated heterocycles. The van der Waals surface area contributed by atoms with Crippen molar-refractivity contribution in [2.45, 2.75) is 12.3 Å². The summed E-state index contributed by atoms with van der Waals surface area (Å²) >= 11 is 0. The highest BCUT2D eigenvalue weighted by atomic mass is 19.4. The van der Waals surface area contributed by atoms with Crippen LogP contribution >= 0.6 is 0 Å². The van der Waals surface area contributed by atoms with E-state index in [4.69, 9.17) is 0 Å². The van der Waals surface area contributed by atoms with Crippen molar-refractivity contribution in [2.24, 2.45) is 0 Å². The van der Waals surface area contributed by atoms with E-state index in [1.165, 1.54) is 12.1 Å². The van der Waals surface area contributed by atoms with Crippen LogP contribution in [0.2, 0.25) is 0 Å². The number of halogens is 5. The second-order valence-corrected chi connectivity index (χ2v) is 4.17. The third-order valence-electron chi connectivity index (χ3n) is 2.81. The first-order valence-electron chi connectivity index (χ1n) is 5.60. The largest absolute Gasteiger partial charge is 0.416 e. The smallest absolute Gasteiger partial charge is 0.384 e. The Morgan fingerprint density at radius 3 is 2.25 bits per heavy atom. The van der Waals surface area contributed by atoms with Crippen LogP contribution in [0.4, 0.5) is 22.0 Å². The Kier molecular flexibility index (Phi) is 3.76. The quantitative estimate of drug-likeness (QED) is 0.826. The molecule has 0 saturated carbocycles. The summed E-state index contributed by atoms with van der Waals surface area (Å²) in [6.45, 7) is 0. The zero-order chi connectivity index (χ0) is 14.9.